The van der Waals surface area contributed by atoms with E-state index in [1.807, 2.05) is 0 Å². The van der Waals surface area contributed by atoms with Crippen molar-refractivity contribution in [2.24, 2.45) is 5.92 Å². The van der Waals surface area contributed by atoms with Crippen LogP contribution in [0.5, 0.6) is 0 Å². The van der Waals surface area contributed by atoms with E-state index in [0.717, 1.165) is 18.8 Å². The molecule has 11 heavy (non-hydrogen) atoms. The molecule has 0 aromatic heterocycles. The van der Waals surface area contributed by atoms with Gasteiger partial charge in [-0.15, -0.1) is 0 Å². The van der Waals surface area contributed by atoms with E-state index in [0.29, 0.717) is 0 Å². The summed E-state index contributed by atoms with van der Waals surface area (Å²) in [5, 5.41) is 0. The van der Waals surface area contributed by atoms with E-state index >= 15 is 0 Å². The highest BCUT2D eigenvalue weighted by Crippen LogP contribution is 2.25. The van der Waals surface area contributed by atoms with Crippen molar-refractivity contribution in [1.29, 1.82) is 0 Å². The van der Waals surface area contributed by atoms with Crippen LogP contribution >= 0.6 is 0 Å². The van der Waals surface area contributed by atoms with Crippen LogP contribution in [-0.4, -0.2) is 0 Å². The zero-order valence-electron chi connectivity index (χ0n) is 7.56. The molecule has 0 nitrogen and oxygen atoms in total. The molecule has 0 bridgehead atoms. The smallest absolute Gasteiger partial charge is 0.00994 e. The molecule has 0 aromatic rings. The minimum Gasteiger partial charge on any atom is -0.0992 e. The average Bonchev–Trinajstić information content (AvgIpc) is 1.85. The second-order valence-electron chi connectivity index (χ2n) is 3.74. The van der Waals surface area contributed by atoms with Crippen LogP contribution in [0.2, 0.25) is 0 Å². The molecule has 0 saturated heterocycles. The summed E-state index contributed by atoms with van der Waals surface area (Å²) in [6, 6.07) is 0. The maximum Gasteiger partial charge on any atom is -0.00994 e. The van der Waals surface area contributed by atoms with Gasteiger partial charge in [-0.2, -0.15) is 0 Å². The van der Waals surface area contributed by atoms with Crippen molar-refractivity contribution >= 4 is 0 Å². The topological polar surface area (TPSA) is 0 Å². The Labute approximate surface area is 70.0 Å². The van der Waals surface area contributed by atoms with E-state index in [1.165, 1.54) is 12.0 Å². The van der Waals surface area contributed by atoms with Gasteiger partial charge in [0.2, 0.25) is 0 Å². The molecule has 0 unspecified atom stereocenters. The molecule has 0 heteroatoms. The van der Waals surface area contributed by atoms with Gasteiger partial charge in [-0.1, -0.05) is 37.6 Å². The van der Waals surface area contributed by atoms with Gasteiger partial charge in [0.25, 0.3) is 0 Å². The minimum atomic E-state index is 0.784. The highest BCUT2D eigenvalue weighted by Gasteiger charge is 2.07. The van der Waals surface area contributed by atoms with Crippen molar-refractivity contribution in [1.82, 2.24) is 0 Å². The third-order valence-electron chi connectivity index (χ3n) is 1.94. The predicted molar refractivity (Wildman–Crippen MR) is 50.2 cm³/mol. The molecule has 0 N–H and O–H groups in total. The van der Waals surface area contributed by atoms with Crippen LogP contribution in [0.15, 0.2) is 23.8 Å². The number of rotatable bonds is 2. The molecule has 1 rings (SSSR count). The van der Waals surface area contributed by atoms with Gasteiger partial charge in [0.1, 0.15) is 0 Å². The molecule has 0 aliphatic heterocycles. The average molecular weight is 149 g/mol. The number of hydrogen-bond acceptors (Lipinski definition) is 0. The first-order valence-electron chi connectivity index (χ1n) is 4.37. The second-order valence-corrected chi connectivity index (χ2v) is 3.74. The van der Waals surface area contributed by atoms with Gasteiger partial charge in [-0.3, -0.25) is 0 Å². The molecule has 1 aliphatic carbocycles. The van der Waals surface area contributed by atoms with Gasteiger partial charge in [-0.05, 0) is 31.6 Å². The van der Waals surface area contributed by atoms with Gasteiger partial charge >= 0.3 is 0 Å². The van der Waals surface area contributed by atoms with E-state index in [1.54, 1.807) is 5.57 Å². The molecule has 1 radical (unpaired) electrons. The van der Waals surface area contributed by atoms with Gasteiger partial charge < -0.3 is 0 Å². The van der Waals surface area contributed by atoms with Gasteiger partial charge in [0.05, 0.1) is 0 Å². The molecule has 0 fully saturated rings. The van der Waals surface area contributed by atoms with Crippen LogP contribution < -0.4 is 0 Å². The lowest BCUT2D eigenvalue weighted by Gasteiger charge is -2.16. The van der Waals surface area contributed by atoms with Gasteiger partial charge in [-0.25, -0.2) is 0 Å². The van der Waals surface area contributed by atoms with Gasteiger partial charge in [0.15, 0.2) is 0 Å². The highest BCUT2D eigenvalue weighted by atomic mass is 14.1. The summed E-state index contributed by atoms with van der Waals surface area (Å²) >= 11 is 0. The van der Waals surface area contributed by atoms with E-state index in [2.05, 4.69) is 32.9 Å². The van der Waals surface area contributed by atoms with E-state index in [-0.39, 0.29) is 0 Å². The molecule has 1 aliphatic rings. The normalized spacial score (nSPS) is 18.8. The first-order chi connectivity index (χ1) is 5.18. The first-order valence-corrected chi connectivity index (χ1v) is 4.37. The molecule has 0 saturated carbocycles. The van der Waals surface area contributed by atoms with Crippen LogP contribution in [0.3, 0.4) is 0 Å². The van der Waals surface area contributed by atoms with Crippen molar-refractivity contribution in [3.05, 3.63) is 30.2 Å². The Kier molecular flexibility index (Phi) is 2.92. The first kappa shape index (κ1) is 8.58. The predicted octanol–water partition coefficient (Wildman–Crippen LogP) is 3.51. The van der Waals surface area contributed by atoms with Crippen LogP contribution in [-0.2, 0) is 0 Å². The van der Waals surface area contributed by atoms with E-state index < -0.39 is 0 Å². The van der Waals surface area contributed by atoms with Crippen LogP contribution in [0, 0.1) is 12.3 Å². The maximum atomic E-state index is 3.98. The van der Waals surface area contributed by atoms with Crippen LogP contribution in [0.1, 0.15) is 33.1 Å². The summed E-state index contributed by atoms with van der Waals surface area (Å²) < 4.78 is 0. The monoisotopic (exact) mass is 149 g/mol. The highest BCUT2D eigenvalue weighted by molar-refractivity contribution is 5.25. The largest absolute Gasteiger partial charge is 0.0992 e. The third kappa shape index (κ3) is 2.92. The summed E-state index contributed by atoms with van der Waals surface area (Å²) in [6.45, 7) is 8.51. The zero-order valence-corrected chi connectivity index (χ0v) is 7.56. The Morgan fingerprint density at radius 2 is 2.27 bits per heavy atom. The summed E-state index contributed by atoms with van der Waals surface area (Å²) in [6.07, 6.45) is 8.00. The summed E-state index contributed by atoms with van der Waals surface area (Å²) in [5.74, 6) is 0.784. The number of hydrogen-bond donors (Lipinski definition) is 0. The quantitative estimate of drug-likeness (QED) is 0.527. The zero-order chi connectivity index (χ0) is 8.27. The lowest BCUT2D eigenvalue weighted by molar-refractivity contribution is 0.628. The third-order valence-corrected chi connectivity index (χ3v) is 1.94. The summed E-state index contributed by atoms with van der Waals surface area (Å²) in [7, 11) is 0. The molecule has 0 heterocycles. The maximum absolute atomic E-state index is 3.98. The van der Waals surface area contributed by atoms with Crippen molar-refractivity contribution in [3.63, 3.8) is 0 Å². The Morgan fingerprint density at radius 1 is 1.55 bits per heavy atom. The SMILES string of the molecule is C=C1[CH]CC=C(CC(C)C)C1. The standard InChI is InChI=1S/C11H17/c1-9(2)7-11-6-4-5-10(3)8-11/h5-6,9H,3-4,7-8H2,1-2H3. The molecular formula is C11H17. The fraction of sp³-hybridized carbons (Fsp3) is 0.545. The lowest BCUT2D eigenvalue weighted by atomic mass is 9.90. The molecule has 0 amide bonds. The van der Waals surface area contributed by atoms with E-state index in [4.69, 9.17) is 0 Å². The Bertz CT molecular complexity index is 172. The van der Waals surface area contributed by atoms with Crippen LogP contribution in [0.25, 0.3) is 0 Å². The molecule has 0 spiro atoms. The summed E-state index contributed by atoms with van der Waals surface area (Å²) in [5.41, 5.74) is 2.87. The fourth-order valence-electron chi connectivity index (χ4n) is 1.51. The minimum absolute atomic E-state index is 0.784. The Morgan fingerprint density at radius 3 is 2.82 bits per heavy atom. The molecule has 61 valence electrons. The molecule has 0 aromatic carbocycles. The fourth-order valence-corrected chi connectivity index (χ4v) is 1.51. The van der Waals surface area contributed by atoms with E-state index in [9.17, 15) is 0 Å². The molecule has 0 atom stereocenters. The van der Waals surface area contributed by atoms with Crippen molar-refractivity contribution < 1.29 is 0 Å². The second kappa shape index (κ2) is 3.75. The van der Waals surface area contributed by atoms with Crippen molar-refractivity contribution in [2.75, 3.05) is 0 Å². The van der Waals surface area contributed by atoms with Crippen LogP contribution in [0.4, 0.5) is 0 Å². The van der Waals surface area contributed by atoms with Crippen molar-refractivity contribution in [2.45, 2.75) is 33.1 Å². The Balaban J connectivity index is 2.45. The number of allylic oxidation sites excluding steroid dienone is 3. The summed E-state index contributed by atoms with van der Waals surface area (Å²) in [4.78, 5) is 0. The molecular weight excluding hydrogens is 132 g/mol. The Hall–Kier alpha value is -0.520. The van der Waals surface area contributed by atoms with Crippen molar-refractivity contribution in [3.8, 4) is 0 Å². The van der Waals surface area contributed by atoms with Gasteiger partial charge in [0, 0.05) is 0 Å². The lowest BCUT2D eigenvalue weighted by Crippen LogP contribution is -1.98.